The molecule has 1 N–H and O–H groups in total. The maximum Gasteiger partial charge on any atom is 0.258 e. The molecule has 4 heteroatoms. The highest BCUT2D eigenvalue weighted by Gasteiger charge is 2.19. The van der Waals surface area contributed by atoms with Crippen molar-refractivity contribution >= 4 is 11.8 Å². The van der Waals surface area contributed by atoms with Crippen LogP contribution in [0.15, 0.2) is 34.9 Å². The van der Waals surface area contributed by atoms with E-state index in [-0.39, 0.29) is 11.3 Å². The predicted octanol–water partition coefficient (Wildman–Crippen LogP) is 3.79. The fourth-order valence-electron chi connectivity index (χ4n) is 1.76. The fourth-order valence-corrected chi connectivity index (χ4v) is 1.76. The lowest BCUT2D eigenvalue weighted by atomic mass is 9.92. The molecule has 0 bridgehead atoms. The third-order valence-corrected chi connectivity index (χ3v) is 3.14. The van der Waals surface area contributed by atoms with Crippen molar-refractivity contribution in [3.8, 4) is 0 Å². The van der Waals surface area contributed by atoms with Crippen LogP contribution in [0.2, 0.25) is 0 Å². The van der Waals surface area contributed by atoms with Gasteiger partial charge >= 0.3 is 0 Å². The number of carbonyl (C=O) groups is 1. The summed E-state index contributed by atoms with van der Waals surface area (Å²) >= 11 is 0. The molecule has 20 heavy (non-hydrogen) atoms. The van der Waals surface area contributed by atoms with Gasteiger partial charge in [0.25, 0.3) is 5.91 Å². The lowest BCUT2D eigenvalue weighted by Gasteiger charge is -2.12. The molecule has 1 aromatic carbocycles. The number of rotatable bonds is 3. The summed E-state index contributed by atoms with van der Waals surface area (Å²) in [6.07, 6.45) is 0.957. The van der Waals surface area contributed by atoms with Crippen LogP contribution >= 0.6 is 0 Å². The molecular weight excluding hydrogens is 252 g/mol. The van der Waals surface area contributed by atoms with Crippen LogP contribution in [0.5, 0.6) is 0 Å². The van der Waals surface area contributed by atoms with Crippen LogP contribution in [0, 0.1) is 0 Å². The first-order valence-electron chi connectivity index (χ1n) is 6.77. The number of aromatic nitrogens is 1. The highest BCUT2D eigenvalue weighted by molar-refractivity contribution is 6.03. The van der Waals surface area contributed by atoms with Gasteiger partial charge in [-0.05, 0) is 24.1 Å². The Morgan fingerprint density at radius 2 is 1.90 bits per heavy atom. The highest BCUT2D eigenvalue weighted by atomic mass is 16.5. The number of hydrogen-bond acceptors (Lipinski definition) is 3. The largest absolute Gasteiger partial charge is 0.338 e. The summed E-state index contributed by atoms with van der Waals surface area (Å²) < 4.78 is 5.15. The van der Waals surface area contributed by atoms with Gasteiger partial charge in [-0.1, -0.05) is 45.0 Å². The van der Waals surface area contributed by atoms with E-state index in [0.29, 0.717) is 11.4 Å². The summed E-state index contributed by atoms with van der Waals surface area (Å²) in [5, 5.41) is 6.69. The number of nitrogens with zero attached hydrogens (tertiary/aromatic N) is 1. The van der Waals surface area contributed by atoms with Gasteiger partial charge in [-0.3, -0.25) is 10.1 Å². The minimum atomic E-state index is -0.190. The molecule has 0 aliphatic heterocycles. The average molecular weight is 272 g/mol. The van der Waals surface area contributed by atoms with Crippen LogP contribution in [-0.2, 0) is 11.8 Å². The average Bonchev–Trinajstić information content (AvgIpc) is 2.87. The number of aryl methyl sites for hydroxylation is 1. The monoisotopic (exact) mass is 272 g/mol. The standard InChI is InChI=1S/C16H20N2O2/c1-5-11-6-8-12(9-7-11)15(19)17-14-10-13(18-20-14)16(2,3)4/h6-10H,5H2,1-4H3,(H,17,19). The van der Waals surface area contributed by atoms with Crippen LogP contribution < -0.4 is 5.32 Å². The van der Waals surface area contributed by atoms with Crippen LogP contribution in [0.4, 0.5) is 5.88 Å². The summed E-state index contributed by atoms with van der Waals surface area (Å²) in [7, 11) is 0. The first kappa shape index (κ1) is 14.3. The Kier molecular flexibility index (Phi) is 3.93. The summed E-state index contributed by atoms with van der Waals surface area (Å²) in [5.41, 5.74) is 2.52. The topological polar surface area (TPSA) is 55.1 Å². The molecule has 0 saturated heterocycles. The zero-order valence-corrected chi connectivity index (χ0v) is 12.4. The van der Waals surface area contributed by atoms with E-state index < -0.39 is 0 Å². The Morgan fingerprint density at radius 1 is 1.25 bits per heavy atom. The minimum absolute atomic E-state index is 0.102. The quantitative estimate of drug-likeness (QED) is 0.925. The molecular formula is C16H20N2O2. The number of nitrogens with one attached hydrogen (secondary N) is 1. The van der Waals surface area contributed by atoms with E-state index in [0.717, 1.165) is 12.1 Å². The van der Waals surface area contributed by atoms with Crippen LogP contribution in [0.25, 0.3) is 0 Å². The molecule has 0 fully saturated rings. The van der Waals surface area contributed by atoms with Crippen LogP contribution in [0.1, 0.15) is 49.3 Å². The van der Waals surface area contributed by atoms with Gasteiger partial charge in [0.15, 0.2) is 0 Å². The number of anilines is 1. The van der Waals surface area contributed by atoms with E-state index in [1.54, 1.807) is 6.07 Å². The van der Waals surface area contributed by atoms with E-state index in [1.807, 2.05) is 45.0 Å². The second-order valence-electron chi connectivity index (χ2n) is 5.83. The van der Waals surface area contributed by atoms with Crippen molar-refractivity contribution in [1.29, 1.82) is 0 Å². The van der Waals surface area contributed by atoms with Crippen LogP contribution in [0.3, 0.4) is 0 Å². The molecule has 1 aromatic heterocycles. The Hall–Kier alpha value is -2.10. The lowest BCUT2D eigenvalue weighted by Crippen LogP contribution is -2.12. The van der Waals surface area contributed by atoms with Crippen LogP contribution in [-0.4, -0.2) is 11.1 Å². The van der Waals surface area contributed by atoms with Gasteiger partial charge < -0.3 is 4.52 Å². The van der Waals surface area contributed by atoms with Gasteiger partial charge in [0.1, 0.15) is 0 Å². The Morgan fingerprint density at radius 3 is 2.40 bits per heavy atom. The molecule has 0 unspecified atom stereocenters. The highest BCUT2D eigenvalue weighted by Crippen LogP contribution is 2.23. The number of amides is 1. The molecule has 0 radical (unpaired) electrons. The fraction of sp³-hybridized carbons (Fsp3) is 0.375. The Labute approximate surface area is 119 Å². The Balaban J connectivity index is 2.09. The van der Waals surface area contributed by atoms with Gasteiger partial charge in [-0.15, -0.1) is 0 Å². The van der Waals surface area contributed by atoms with Crippen molar-refractivity contribution in [2.75, 3.05) is 5.32 Å². The summed E-state index contributed by atoms with van der Waals surface area (Å²) in [4.78, 5) is 12.1. The van der Waals surface area contributed by atoms with Crippen molar-refractivity contribution in [1.82, 2.24) is 5.16 Å². The van der Waals surface area contributed by atoms with Crippen molar-refractivity contribution in [2.24, 2.45) is 0 Å². The lowest BCUT2D eigenvalue weighted by molar-refractivity contribution is 0.102. The van der Waals surface area contributed by atoms with E-state index in [9.17, 15) is 4.79 Å². The molecule has 0 aliphatic carbocycles. The third kappa shape index (κ3) is 3.26. The maximum atomic E-state index is 12.1. The van der Waals surface area contributed by atoms with Gasteiger partial charge in [0.2, 0.25) is 5.88 Å². The normalized spacial score (nSPS) is 11.4. The van der Waals surface area contributed by atoms with Crippen molar-refractivity contribution in [3.63, 3.8) is 0 Å². The molecule has 0 aliphatic rings. The Bertz CT molecular complexity index is 592. The molecule has 0 spiro atoms. The van der Waals surface area contributed by atoms with Gasteiger partial charge in [-0.2, -0.15) is 0 Å². The predicted molar refractivity (Wildman–Crippen MR) is 79.0 cm³/mol. The number of hydrogen-bond donors (Lipinski definition) is 1. The second kappa shape index (κ2) is 5.49. The minimum Gasteiger partial charge on any atom is -0.338 e. The summed E-state index contributed by atoms with van der Waals surface area (Å²) in [6, 6.07) is 9.30. The molecule has 1 amide bonds. The zero-order valence-electron chi connectivity index (χ0n) is 12.4. The van der Waals surface area contributed by atoms with E-state index >= 15 is 0 Å². The van der Waals surface area contributed by atoms with E-state index in [2.05, 4.69) is 17.4 Å². The molecule has 106 valence electrons. The second-order valence-corrected chi connectivity index (χ2v) is 5.83. The number of carbonyl (C=O) groups excluding carboxylic acids is 1. The zero-order chi connectivity index (χ0) is 14.8. The maximum absolute atomic E-state index is 12.1. The smallest absolute Gasteiger partial charge is 0.258 e. The van der Waals surface area contributed by atoms with Gasteiger partial charge in [0, 0.05) is 17.0 Å². The van der Waals surface area contributed by atoms with Gasteiger partial charge in [0.05, 0.1) is 5.69 Å². The van der Waals surface area contributed by atoms with Crippen molar-refractivity contribution < 1.29 is 9.32 Å². The van der Waals surface area contributed by atoms with Gasteiger partial charge in [-0.25, -0.2) is 0 Å². The molecule has 0 saturated carbocycles. The molecule has 1 heterocycles. The molecule has 0 atom stereocenters. The molecule has 4 nitrogen and oxygen atoms in total. The van der Waals surface area contributed by atoms with Crippen molar-refractivity contribution in [3.05, 3.63) is 47.2 Å². The summed E-state index contributed by atoms with van der Waals surface area (Å²) in [5.74, 6) is 0.184. The first-order valence-corrected chi connectivity index (χ1v) is 6.77. The number of benzene rings is 1. The molecule has 2 rings (SSSR count). The van der Waals surface area contributed by atoms with E-state index in [4.69, 9.17) is 4.52 Å². The molecule has 2 aromatic rings. The third-order valence-electron chi connectivity index (χ3n) is 3.14. The summed E-state index contributed by atoms with van der Waals surface area (Å²) in [6.45, 7) is 8.21. The van der Waals surface area contributed by atoms with Crippen molar-refractivity contribution in [2.45, 2.75) is 39.5 Å². The first-order chi connectivity index (χ1) is 9.40. The SMILES string of the molecule is CCc1ccc(C(=O)Nc2cc(C(C)(C)C)no2)cc1. The van der Waals surface area contributed by atoms with E-state index in [1.165, 1.54) is 5.56 Å².